The van der Waals surface area contributed by atoms with E-state index < -0.39 is 0 Å². The molecule has 1 aromatic rings. The molecule has 1 heterocycles. The first kappa shape index (κ1) is 9.37. The molecule has 1 heteroatoms. The van der Waals surface area contributed by atoms with Gasteiger partial charge in [0.1, 0.15) is 0 Å². The van der Waals surface area contributed by atoms with Crippen LogP contribution in [0.5, 0.6) is 0 Å². The highest BCUT2D eigenvalue weighted by Gasteiger charge is 1.95. The largest absolute Gasteiger partial charge is 0.368 e. The molecule has 1 saturated carbocycles. The number of hydrogen-bond donors (Lipinski definition) is 1. The summed E-state index contributed by atoms with van der Waals surface area (Å²) in [5.41, 5.74) is 0. The van der Waals surface area contributed by atoms with Gasteiger partial charge in [-0.2, -0.15) is 0 Å². The van der Waals surface area contributed by atoms with Crippen molar-refractivity contribution >= 4 is 0 Å². The van der Waals surface area contributed by atoms with Gasteiger partial charge in [0.05, 0.1) is 0 Å². The summed E-state index contributed by atoms with van der Waals surface area (Å²) >= 11 is 0. The van der Waals surface area contributed by atoms with Gasteiger partial charge in [0.2, 0.25) is 0 Å². The van der Waals surface area contributed by atoms with Gasteiger partial charge < -0.3 is 4.98 Å². The molecule has 0 aromatic carbocycles. The van der Waals surface area contributed by atoms with E-state index in [4.69, 9.17) is 0 Å². The molecule has 0 bridgehead atoms. The summed E-state index contributed by atoms with van der Waals surface area (Å²) in [6, 6.07) is 3.89. The Hall–Kier alpha value is -0.720. The van der Waals surface area contributed by atoms with Gasteiger partial charge in [-0.15, -0.1) is 0 Å². The zero-order valence-electron chi connectivity index (χ0n) is 7.76. The van der Waals surface area contributed by atoms with Crippen molar-refractivity contribution in [3.05, 3.63) is 24.5 Å². The summed E-state index contributed by atoms with van der Waals surface area (Å²) in [5.74, 6) is 0. The maximum Gasteiger partial charge on any atom is 0.000496 e. The first-order valence-electron chi connectivity index (χ1n) is 5.08. The predicted molar refractivity (Wildman–Crippen MR) is 53.1 cm³/mol. The lowest BCUT2D eigenvalue weighted by Crippen LogP contribution is -1.66. The predicted octanol–water partition coefficient (Wildman–Crippen LogP) is 3.75. The summed E-state index contributed by atoms with van der Waals surface area (Å²) in [6.07, 6.45) is 14.2. The van der Waals surface area contributed by atoms with Crippen LogP contribution in [-0.4, -0.2) is 4.98 Å². The topological polar surface area (TPSA) is 15.8 Å². The van der Waals surface area contributed by atoms with Gasteiger partial charge in [-0.05, 0) is 12.1 Å². The molecule has 1 aromatic heterocycles. The van der Waals surface area contributed by atoms with Crippen LogP contribution in [0.1, 0.15) is 44.9 Å². The lowest BCUT2D eigenvalue weighted by Gasteiger charge is -1.85. The Kier molecular flexibility index (Phi) is 5.43. The summed E-state index contributed by atoms with van der Waals surface area (Å²) in [4.78, 5) is 2.86. The second-order valence-electron chi connectivity index (χ2n) is 3.36. The van der Waals surface area contributed by atoms with Crippen molar-refractivity contribution in [3.8, 4) is 0 Å². The van der Waals surface area contributed by atoms with Crippen LogP contribution >= 0.6 is 0 Å². The van der Waals surface area contributed by atoms with Gasteiger partial charge in [0.15, 0.2) is 0 Å². The van der Waals surface area contributed by atoms with E-state index in [1.807, 2.05) is 24.5 Å². The van der Waals surface area contributed by atoms with E-state index in [2.05, 4.69) is 4.98 Å². The quantitative estimate of drug-likeness (QED) is 0.563. The summed E-state index contributed by atoms with van der Waals surface area (Å²) < 4.78 is 0. The average molecular weight is 165 g/mol. The maximum absolute atomic E-state index is 2.86. The minimum Gasteiger partial charge on any atom is -0.368 e. The van der Waals surface area contributed by atoms with Gasteiger partial charge in [0, 0.05) is 12.4 Å². The number of hydrogen-bond acceptors (Lipinski definition) is 0. The standard InChI is InChI=1S/C7H14.C4H5N/c1-2-4-6-7-5-3-1;1-2-4-5-3-1/h1-7H2;1-5H. The molecule has 0 amide bonds. The monoisotopic (exact) mass is 165 g/mol. The molecule has 1 aliphatic carbocycles. The van der Waals surface area contributed by atoms with E-state index in [0.717, 1.165) is 0 Å². The number of aromatic amines is 1. The van der Waals surface area contributed by atoms with E-state index in [1.165, 1.54) is 44.9 Å². The van der Waals surface area contributed by atoms with Crippen molar-refractivity contribution in [1.29, 1.82) is 0 Å². The third-order valence-electron chi connectivity index (χ3n) is 2.25. The molecule has 0 radical (unpaired) electrons. The zero-order chi connectivity index (χ0) is 8.49. The number of rotatable bonds is 0. The molecule has 1 nitrogen and oxygen atoms in total. The number of nitrogens with one attached hydrogen (secondary N) is 1. The Labute approximate surface area is 75.2 Å². The van der Waals surface area contributed by atoms with Crippen LogP contribution in [0.3, 0.4) is 0 Å². The Morgan fingerprint density at radius 1 is 0.583 bits per heavy atom. The summed E-state index contributed by atoms with van der Waals surface area (Å²) in [7, 11) is 0. The van der Waals surface area contributed by atoms with Crippen molar-refractivity contribution in [2.75, 3.05) is 0 Å². The van der Waals surface area contributed by atoms with Crippen molar-refractivity contribution < 1.29 is 0 Å². The Bertz CT molecular complexity index is 119. The molecular weight excluding hydrogens is 146 g/mol. The number of aromatic nitrogens is 1. The molecule has 2 rings (SSSR count). The van der Waals surface area contributed by atoms with Gasteiger partial charge >= 0.3 is 0 Å². The smallest absolute Gasteiger partial charge is 0.000496 e. The molecule has 0 atom stereocenters. The van der Waals surface area contributed by atoms with Crippen LogP contribution in [0.25, 0.3) is 0 Å². The fraction of sp³-hybridized carbons (Fsp3) is 0.636. The zero-order valence-corrected chi connectivity index (χ0v) is 7.76. The molecule has 1 aliphatic rings. The van der Waals surface area contributed by atoms with Gasteiger partial charge in [-0.1, -0.05) is 44.9 Å². The normalized spacial score (nSPS) is 17.3. The Morgan fingerprint density at radius 2 is 0.917 bits per heavy atom. The molecule has 1 fully saturated rings. The van der Waals surface area contributed by atoms with E-state index in [-0.39, 0.29) is 0 Å². The Morgan fingerprint density at radius 3 is 1.08 bits per heavy atom. The van der Waals surface area contributed by atoms with Crippen LogP contribution in [0.2, 0.25) is 0 Å². The van der Waals surface area contributed by atoms with Crippen LogP contribution in [0.15, 0.2) is 24.5 Å². The minimum atomic E-state index is 1.50. The van der Waals surface area contributed by atoms with E-state index >= 15 is 0 Å². The van der Waals surface area contributed by atoms with E-state index in [0.29, 0.717) is 0 Å². The van der Waals surface area contributed by atoms with Gasteiger partial charge in [-0.3, -0.25) is 0 Å². The van der Waals surface area contributed by atoms with Crippen molar-refractivity contribution in [2.24, 2.45) is 0 Å². The molecule has 68 valence electrons. The minimum absolute atomic E-state index is 1.50. The molecule has 0 aliphatic heterocycles. The van der Waals surface area contributed by atoms with E-state index in [9.17, 15) is 0 Å². The highest BCUT2D eigenvalue weighted by molar-refractivity contribution is 4.84. The van der Waals surface area contributed by atoms with Crippen molar-refractivity contribution in [1.82, 2.24) is 4.98 Å². The molecule has 0 unspecified atom stereocenters. The first-order valence-corrected chi connectivity index (χ1v) is 5.08. The van der Waals surface area contributed by atoms with Crippen LogP contribution < -0.4 is 0 Å². The second-order valence-corrected chi connectivity index (χ2v) is 3.36. The van der Waals surface area contributed by atoms with Gasteiger partial charge in [-0.25, -0.2) is 0 Å². The highest BCUT2D eigenvalue weighted by atomic mass is 14.6. The molecular formula is C11H19N. The Balaban J connectivity index is 0.000000127. The van der Waals surface area contributed by atoms with Crippen LogP contribution in [-0.2, 0) is 0 Å². The third-order valence-corrected chi connectivity index (χ3v) is 2.25. The molecule has 0 spiro atoms. The second kappa shape index (κ2) is 6.96. The third kappa shape index (κ3) is 5.00. The summed E-state index contributed by atoms with van der Waals surface area (Å²) in [5, 5.41) is 0. The maximum atomic E-state index is 2.86. The number of H-pyrrole nitrogens is 1. The molecule has 0 saturated heterocycles. The van der Waals surface area contributed by atoms with E-state index in [1.54, 1.807) is 0 Å². The lowest BCUT2D eigenvalue weighted by atomic mass is 10.2. The van der Waals surface area contributed by atoms with Crippen LogP contribution in [0.4, 0.5) is 0 Å². The fourth-order valence-electron chi connectivity index (χ4n) is 1.52. The van der Waals surface area contributed by atoms with Crippen molar-refractivity contribution in [3.63, 3.8) is 0 Å². The summed E-state index contributed by atoms with van der Waals surface area (Å²) in [6.45, 7) is 0. The molecule has 1 N–H and O–H groups in total. The molecule has 12 heavy (non-hydrogen) atoms. The van der Waals surface area contributed by atoms with Crippen LogP contribution in [0, 0.1) is 0 Å². The van der Waals surface area contributed by atoms with Gasteiger partial charge in [0.25, 0.3) is 0 Å². The average Bonchev–Trinajstić information content (AvgIpc) is 2.54. The first-order chi connectivity index (χ1) is 6.00. The fourth-order valence-corrected chi connectivity index (χ4v) is 1.52. The van der Waals surface area contributed by atoms with Crippen molar-refractivity contribution in [2.45, 2.75) is 44.9 Å². The SMILES string of the molecule is C1CCCCCC1.c1cc[nH]c1. The highest BCUT2D eigenvalue weighted by Crippen LogP contribution is 2.15. The lowest BCUT2D eigenvalue weighted by molar-refractivity contribution is 0.702.